The second kappa shape index (κ2) is 8.55. The van der Waals surface area contributed by atoms with Gasteiger partial charge in [-0.1, -0.05) is 36.4 Å². The molecule has 0 fully saturated rings. The van der Waals surface area contributed by atoms with Gasteiger partial charge in [-0.05, 0) is 17.2 Å². The molecule has 1 aliphatic rings. The number of fused-ring (bicyclic) bond motifs is 1. The molecule has 0 unspecified atom stereocenters. The Morgan fingerprint density at radius 2 is 1.83 bits per heavy atom. The van der Waals surface area contributed by atoms with E-state index in [1.807, 2.05) is 0 Å². The molecule has 1 heterocycles. The van der Waals surface area contributed by atoms with Crippen molar-refractivity contribution < 1.29 is 32.2 Å². The van der Waals surface area contributed by atoms with E-state index < -0.39 is 23.8 Å². The number of benzene rings is 2. The molecule has 0 aliphatic carbocycles. The smallest absolute Gasteiger partial charge is 0.417 e. The van der Waals surface area contributed by atoms with E-state index in [1.165, 1.54) is 19.2 Å². The fraction of sp³-hybridized carbons (Fsp3) is 0.333. The quantitative estimate of drug-likeness (QED) is 0.741. The molecule has 1 aliphatic heterocycles. The van der Waals surface area contributed by atoms with Gasteiger partial charge in [-0.3, -0.25) is 9.59 Å². The number of methoxy groups -OCH3 is 1. The topological polar surface area (TPSA) is 64.6 Å². The number of rotatable bonds is 6. The predicted octanol–water partition coefficient (Wildman–Crippen LogP) is 3.75. The minimum Gasteiger partial charge on any atom is -0.487 e. The van der Waals surface area contributed by atoms with Crippen molar-refractivity contribution in [2.24, 2.45) is 0 Å². The molecular weight excluding hydrogens is 387 g/mol. The molecule has 2 aromatic carbocycles. The third-order valence-corrected chi connectivity index (χ3v) is 4.66. The lowest BCUT2D eigenvalue weighted by atomic mass is 9.96. The van der Waals surface area contributed by atoms with Gasteiger partial charge < -0.3 is 14.8 Å². The number of halogens is 3. The van der Waals surface area contributed by atoms with Crippen LogP contribution in [-0.4, -0.2) is 31.6 Å². The molecule has 1 N–H and O–H groups in total. The van der Waals surface area contributed by atoms with Crippen LogP contribution in [0.1, 0.15) is 24.0 Å². The maximum atomic E-state index is 13.4. The summed E-state index contributed by atoms with van der Waals surface area (Å²) in [5, 5.41) is 2.68. The standard InChI is InChI=1S/C21H20F3NO4/c1-28-19(27)10-9-18(26)25-12-14-11-13-5-4-7-16(20(13)29-14)15-6-2-3-8-17(15)21(22,23)24/h2-8,14H,9-12H2,1H3,(H,25,26)/t14-/m1/s1. The zero-order valence-corrected chi connectivity index (χ0v) is 15.7. The van der Waals surface area contributed by atoms with E-state index in [9.17, 15) is 22.8 Å². The van der Waals surface area contributed by atoms with Crippen LogP contribution in [0.5, 0.6) is 5.75 Å². The molecule has 8 heteroatoms. The molecule has 154 valence electrons. The minimum absolute atomic E-state index is 0.00342. The number of esters is 1. The third kappa shape index (κ3) is 4.88. The first-order valence-corrected chi connectivity index (χ1v) is 9.08. The van der Waals surface area contributed by atoms with Gasteiger partial charge in [0, 0.05) is 18.4 Å². The summed E-state index contributed by atoms with van der Waals surface area (Å²) in [4.78, 5) is 22.9. The van der Waals surface area contributed by atoms with Crippen molar-refractivity contribution in [1.82, 2.24) is 5.32 Å². The van der Waals surface area contributed by atoms with Crippen molar-refractivity contribution in [2.75, 3.05) is 13.7 Å². The number of carbonyl (C=O) groups is 2. The summed E-state index contributed by atoms with van der Waals surface area (Å²) in [5.74, 6) is -0.395. The highest BCUT2D eigenvalue weighted by molar-refractivity contribution is 5.81. The first-order chi connectivity index (χ1) is 13.8. The minimum atomic E-state index is -4.48. The van der Waals surface area contributed by atoms with Crippen LogP contribution < -0.4 is 10.1 Å². The van der Waals surface area contributed by atoms with Gasteiger partial charge in [-0.15, -0.1) is 0 Å². The number of ether oxygens (including phenoxy) is 2. The number of carbonyl (C=O) groups excluding carboxylic acids is 2. The number of hydrogen-bond donors (Lipinski definition) is 1. The first kappa shape index (κ1) is 20.7. The second-order valence-corrected chi connectivity index (χ2v) is 6.66. The van der Waals surface area contributed by atoms with Crippen LogP contribution >= 0.6 is 0 Å². The van der Waals surface area contributed by atoms with E-state index in [-0.39, 0.29) is 30.9 Å². The highest BCUT2D eigenvalue weighted by atomic mass is 19.4. The molecule has 0 spiro atoms. The summed E-state index contributed by atoms with van der Waals surface area (Å²) < 4.78 is 50.6. The molecule has 0 saturated heterocycles. The maximum absolute atomic E-state index is 13.4. The van der Waals surface area contributed by atoms with Crippen molar-refractivity contribution in [3.8, 4) is 16.9 Å². The number of amides is 1. The fourth-order valence-corrected chi connectivity index (χ4v) is 3.26. The van der Waals surface area contributed by atoms with E-state index >= 15 is 0 Å². The molecular formula is C21H20F3NO4. The van der Waals surface area contributed by atoms with Gasteiger partial charge in [0.05, 0.1) is 25.6 Å². The van der Waals surface area contributed by atoms with Crippen LogP contribution in [0.25, 0.3) is 11.1 Å². The Morgan fingerprint density at radius 3 is 2.55 bits per heavy atom. The lowest BCUT2D eigenvalue weighted by molar-refractivity contribution is -0.142. The molecule has 1 amide bonds. The number of nitrogens with one attached hydrogen (secondary N) is 1. The molecule has 0 bridgehead atoms. The van der Waals surface area contributed by atoms with Gasteiger partial charge in [0.15, 0.2) is 0 Å². The maximum Gasteiger partial charge on any atom is 0.417 e. The van der Waals surface area contributed by atoms with E-state index in [1.54, 1.807) is 24.3 Å². The number of hydrogen-bond acceptors (Lipinski definition) is 4. The fourth-order valence-electron chi connectivity index (χ4n) is 3.26. The Labute approximate surface area is 165 Å². The van der Waals surface area contributed by atoms with Crippen molar-refractivity contribution in [2.45, 2.75) is 31.5 Å². The highest BCUT2D eigenvalue weighted by Gasteiger charge is 2.35. The molecule has 0 aromatic heterocycles. The van der Waals surface area contributed by atoms with Gasteiger partial charge in [0.2, 0.25) is 5.91 Å². The van der Waals surface area contributed by atoms with Crippen LogP contribution in [0.2, 0.25) is 0 Å². The third-order valence-electron chi connectivity index (χ3n) is 4.66. The monoisotopic (exact) mass is 407 g/mol. The lowest BCUT2D eigenvalue weighted by Gasteiger charge is -2.16. The summed E-state index contributed by atoms with van der Waals surface area (Å²) >= 11 is 0. The normalized spacial score (nSPS) is 15.4. The summed E-state index contributed by atoms with van der Waals surface area (Å²) in [6.07, 6.45) is -4.44. The van der Waals surface area contributed by atoms with E-state index in [4.69, 9.17) is 4.74 Å². The highest BCUT2D eigenvalue weighted by Crippen LogP contribution is 2.43. The molecule has 5 nitrogen and oxygen atoms in total. The zero-order chi connectivity index (χ0) is 21.0. The van der Waals surface area contributed by atoms with Crippen molar-refractivity contribution >= 4 is 11.9 Å². The van der Waals surface area contributed by atoms with Crippen LogP contribution in [0.4, 0.5) is 13.2 Å². The molecule has 29 heavy (non-hydrogen) atoms. The van der Waals surface area contributed by atoms with Crippen LogP contribution in [0.3, 0.4) is 0 Å². The van der Waals surface area contributed by atoms with E-state index in [0.717, 1.165) is 11.6 Å². The largest absolute Gasteiger partial charge is 0.487 e. The Balaban J connectivity index is 1.72. The first-order valence-electron chi connectivity index (χ1n) is 9.08. The van der Waals surface area contributed by atoms with Crippen molar-refractivity contribution in [3.05, 3.63) is 53.6 Å². The lowest BCUT2D eigenvalue weighted by Crippen LogP contribution is -2.34. The molecule has 3 rings (SSSR count). The summed E-state index contributed by atoms with van der Waals surface area (Å²) in [6.45, 7) is 0.190. The average molecular weight is 407 g/mol. The van der Waals surface area contributed by atoms with Crippen LogP contribution in [0.15, 0.2) is 42.5 Å². The Hall–Kier alpha value is -3.03. The second-order valence-electron chi connectivity index (χ2n) is 6.66. The van der Waals surface area contributed by atoms with Gasteiger partial charge >= 0.3 is 12.1 Å². The predicted molar refractivity (Wildman–Crippen MR) is 99.3 cm³/mol. The van der Waals surface area contributed by atoms with Crippen LogP contribution in [-0.2, 0) is 26.9 Å². The molecule has 0 saturated carbocycles. The molecule has 1 atom stereocenters. The Morgan fingerprint density at radius 1 is 1.10 bits per heavy atom. The zero-order valence-electron chi connectivity index (χ0n) is 15.7. The average Bonchev–Trinajstić information content (AvgIpc) is 3.13. The van der Waals surface area contributed by atoms with Crippen molar-refractivity contribution in [3.63, 3.8) is 0 Å². The Kier molecular flexibility index (Phi) is 6.10. The van der Waals surface area contributed by atoms with Gasteiger partial charge in [-0.25, -0.2) is 0 Å². The summed E-state index contributed by atoms with van der Waals surface area (Å²) in [7, 11) is 1.25. The SMILES string of the molecule is COC(=O)CCC(=O)NC[C@H]1Cc2cccc(-c3ccccc3C(F)(F)F)c2O1. The van der Waals surface area contributed by atoms with Gasteiger partial charge in [0.1, 0.15) is 11.9 Å². The van der Waals surface area contributed by atoms with E-state index in [0.29, 0.717) is 17.7 Å². The molecule has 2 aromatic rings. The van der Waals surface area contributed by atoms with Crippen LogP contribution in [0, 0.1) is 0 Å². The van der Waals surface area contributed by atoms with Gasteiger partial charge in [0.25, 0.3) is 0 Å². The molecule has 0 radical (unpaired) electrons. The summed E-state index contributed by atoms with van der Waals surface area (Å²) in [5.41, 5.74) is 0.486. The Bertz CT molecular complexity index is 911. The summed E-state index contributed by atoms with van der Waals surface area (Å²) in [6, 6.07) is 10.5. The van der Waals surface area contributed by atoms with Crippen molar-refractivity contribution in [1.29, 1.82) is 0 Å². The van der Waals surface area contributed by atoms with E-state index in [2.05, 4.69) is 10.1 Å². The van der Waals surface area contributed by atoms with Gasteiger partial charge in [-0.2, -0.15) is 13.2 Å². The number of alkyl halides is 3. The number of para-hydroxylation sites is 1.